The third-order valence-corrected chi connectivity index (χ3v) is 4.70. The summed E-state index contributed by atoms with van der Waals surface area (Å²) in [5.41, 5.74) is 3.83. The molecule has 1 aromatic carbocycles. The molecule has 25 heavy (non-hydrogen) atoms. The van der Waals surface area contributed by atoms with Gasteiger partial charge in [-0.15, -0.1) is 11.3 Å². The van der Waals surface area contributed by atoms with Crippen molar-refractivity contribution in [2.45, 2.75) is 32.1 Å². The Balaban J connectivity index is 1.46. The topological polar surface area (TPSA) is 76.7 Å². The van der Waals surface area contributed by atoms with Crippen LogP contribution in [0.3, 0.4) is 0 Å². The summed E-state index contributed by atoms with van der Waals surface area (Å²) >= 11 is 1.40. The van der Waals surface area contributed by atoms with Gasteiger partial charge in [0.25, 0.3) is 11.8 Å². The summed E-state index contributed by atoms with van der Waals surface area (Å²) in [6.45, 7) is 1.07. The van der Waals surface area contributed by atoms with Crippen molar-refractivity contribution in [2.75, 3.05) is 6.61 Å². The second-order valence-corrected chi connectivity index (χ2v) is 6.65. The normalized spacial score (nSPS) is 17.0. The van der Waals surface area contributed by atoms with E-state index in [1.807, 2.05) is 11.4 Å². The minimum atomic E-state index is -0.371. The molecule has 2 heterocycles. The lowest BCUT2D eigenvalue weighted by Crippen LogP contribution is -2.33. The lowest BCUT2D eigenvalue weighted by atomic mass is 10.1. The number of hydroxylamine groups is 1. The van der Waals surface area contributed by atoms with Crippen molar-refractivity contribution >= 4 is 23.2 Å². The standard InChI is InChI=1S/C18H20N2O4S/c21-17(20-24-16-5-1-2-10-23-16)14-8-6-13(7-9-14)12-19-18(22)15-4-3-11-25-15/h3-4,6-9,11,16H,1-2,5,10,12H2,(H,19,22)(H,20,21)/t16-/m0/s1. The summed E-state index contributed by atoms with van der Waals surface area (Å²) in [7, 11) is 0. The van der Waals surface area contributed by atoms with Crippen LogP contribution >= 0.6 is 11.3 Å². The fourth-order valence-electron chi connectivity index (χ4n) is 2.43. The molecule has 2 aromatic rings. The SMILES string of the molecule is O=C(NO[C@H]1CCCCO1)c1ccc(CNC(=O)c2cccs2)cc1. The maximum absolute atomic E-state index is 12.1. The van der Waals surface area contributed by atoms with Crippen molar-refractivity contribution in [2.24, 2.45) is 0 Å². The first kappa shape index (κ1) is 17.6. The molecule has 1 saturated heterocycles. The zero-order valence-electron chi connectivity index (χ0n) is 13.7. The van der Waals surface area contributed by atoms with Crippen LogP contribution in [0.15, 0.2) is 41.8 Å². The molecule has 1 aromatic heterocycles. The highest BCUT2D eigenvalue weighted by Crippen LogP contribution is 2.13. The lowest BCUT2D eigenvalue weighted by molar-refractivity contribution is -0.186. The van der Waals surface area contributed by atoms with Crippen molar-refractivity contribution in [3.63, 3.8) is 0 Å². The molecular weight excluding hydrogens is 340 g/mol. The molecule has 1 aliphatic rings. The van der Waals surface area contributed by atoms with E-state index >= 15 is 0 Å². The van der Waals surface area contributed by atoms with Crippen LogP contribution in [0.1, 0.15) is 44.9 Å². The highest BCUT2D eigenvalue weighted by atomic mass is 32.1. The molecule has 2 N–H and O–H groups in total. The number of carbonyl (C=O) groups is 2. The number of carbonyl (C=O) groups excluding carboxylic acids is 2. The Morgan fingerprint density at radius 2 is 2.00 bits per heavy atom. The molecule has 0 saturated carbocycles. The maximum atomic E-state index is 12.1. The van der Waals surface area contributed by atoms with Crippen LogP contribution in [0.2, 0.25) is 0 Å². The van der Waals surface area contributed by atoms with Crippen LogP contribution < -0.4 is 10.8 Å². The highest BCUT2D eigenvalue weighted by Gasteiger charge is 2.16. The molecule has 7 heteroatoms. The molecular formula is C18H20N2O4S. The summed E-state index contributed by atoms with van der Waals surface area (Å²) in [6, 6.07) is 10.6. The molecule has 0 aliphatic carbocycles. The van der Waals surface area contributed by atoms with E-state index in [1.54, 1.807) is 30.3 Å². The van der Waals surface area contributed by atoms with E-state index in [0.29, 0.717) is 23.6 Å². The largest absolute Gasteiger partial charge is 0.350 e. The van der Waals surface area contributed by atoms with Crippen molar-refractivity contribution in [1.29, 1.82) is 0 Å². The summed E-state index contributed by atoms with van der Waals surface area (Å²) < 4.78 is 5.39. The number of thiophene rings is 1. The Hall–Kier alpha value is -2.22. The van der Waals surface area contributed by atoms with Gasteiger partial charge in [-0.2, -0.15) is 0 Å². The number of ether oxygens (including phenoxy) is 1. The van der Waals surface area contributed by atoms with Gasteiger partial charge in [0, 0.05) is 25.1 Å². The van der Waals surface area contributed by atoms with Gasteiger partial charge in [-0.1, -0.05) is 18.2 Å². The molecule has 0 radical (unpaired) electrons. The fraction of sp³-hybridized carbons (Fsp3) is 0.333. The zero-order valence-corrected chi connectivity index (χ0v) is 14.5. The maximum Gasteiger partial charge on any atom is 0.274 e. The van der Waals surface area contributed by atoms with Crippen molar-refractivity contribution in [1.82, 2.24) is 10.8 Å². The second-order valence-electron chi connectivity index (χ2n) is 5.70. The average molecular weight is 360 g/mol. The van der Waals surface area contributed by atoms with Crippen LogP contribution in [-0.4, -0.2) is 24.7 Å². The summed E-state index contributed by atoms with van der Waals surface area (Å²) in [6.07, 6.45) is 2.47. The van der Waals surface area contributed by atoms with E-state index in [4.69, 9.17) is 9.57 Å². The van der Waals surface area contributed by atoms with Gasteiger partial charge < -0.3 is 10.1 Å². The smallest absolute Gasteiger partial charge is 0.274 e. The van der Waals surface area contributed by atoms with Gasteiger partial charge in [0.15, 0.2) is 6.29 Å². The van der Waals surface area contributed by atoms with Crippen LogP contribution in [0.4, 0.5) is 0 Å². The van der Waals surface area contributed by atoms with E-state index in [1.165, 1.54) is 11.3 Å². The molecule has 0 spiro atoms. The van der Waals surface area contributed by atoms with E-state index in [2.05, 4.69) is 10.8 Å². The summed E-state index contributed by atoms with van der Waals surface area (Å²) in [5, 5.41) is 4.71. The van der Waals surface area contributed by atoms with E-state index in [-0.39, 0.29) is 18.1 Å². The minimum Gasteiger partial charge on any atom is -0.350 e. The van der Waals surface area contributed by atoms with E-state index in [0.717, 1.165) is 24.8 Å². The molecule has 3 rings (SSSR count). The van der Waals surface area contributed by atoms with Gasteiger partial charge in [-0.05, 0) is 42.0 Å². The van der Waals surface area contributed by atoms with Crippen LogP contribution in [0.25, 0.3) is 0 Å². The molecule has 1 fully saturated rings. The number of hydrogen-bond acceptors (Lipinski definition) is 5. The predicted octanol–water partition coefficient (Wildman–Crippen LogP) is 2.87. The van der Waals surface area contributed by atoms with Crippen molar-refractivity contribution in [3.8, 4) is 0 Å². The van der Waals surface area contributed by atoms with Gasteiger partial charge in [-0.3, -0.25) is 9.59 Å². The first-order valence-corrected chi connectivity index (χ1v) is 9.08. The Kier molecular flexibility index (Phi) is 6.16. The fourth-order valence-corrected chi connectivity index (χ4v) is 3.07. The minimum absolute atomic E-state index is 0.0994. The Labute approximate surface area is 150 Å². The highest BCUT2D eigenvalue weighted by molar-refractivity contribution is 7.12. The van der Waals surface area contributed by atoms with E-state index in [9.17, 15) is 9.59 Å². The molecule has 132 valence electrons. The molecule has 1 atom stereocenters. The molecule has 0 unspecified atom stereocenters. The van der Waals surface area contributed by atoms with Gasteiger partial charge in [0.2, 0.25) is 0 Å². The van der Waals surface area contributed by atoms with Crippen molar-refractivity contribution in [3.05, 3.63) is 57.8 Å². The monoisotopic (exact) mass is 360 g/mol. The summed E-state index contributed by atoms with van der Waals surface area (Å²) in [4.78, 5) is 29.9. The molecule has 1 aliphatic heterocycles. The van der Waals surface area contributed by atoms with Gasteiger partial charge in [0.05, 0.1) is 4.88 Å². The molecule has 6 nitrogen and oxygen atoms in total. The number of nitrogens with one attached hydrogen (secondary N) is 2. The average Bonchev–Trinajstić information content (AvgIpc) is 3.20. The first-order chi connectivity index (χ1) is 12.2. The van der Waals surface area contributed by atoms with Gasteiger partial charge in [-0.25, -0.2) is 10.3 Å². The predicted molar refractivity (Wildman–Crippen MR) is 94.1 cm³/mol. The van der Waals surface area contributed by atoms with Crippen LogP contribution in [0.5, 0.6) is 0 Å². The molecule has 0 bridgehead atoms. The van der Waals surface area contributed by atoms with Crippen LogP contribution in [0, 0.1) is 0 Å². The Morgan fingerprint density at radius 1 is 1.16 bits per heavy atom. The number of amides is 2. The second kappa shape index (κ2) is 8.75. The number of hydrogen-bond donors (Lipinski definition) is 2. The third kappa shape index (κ3) is 5.12. The van der Waals surface area contributed by atoms with Crippen LogP contribution in [-0.2, 0) is 16.1 Å². The Morgan fingerprint density at radius 3 is 2.68 bits per heavy atom. The Bertz CT molecular complexity index is 694. The van der Waals surface area contributed by atoms with Crippen molar-refractivity contribution < 1.29 is 19.2 Å². The number of benzene rings is 1. The first-order valence-electron chi connectivity index (χ1n) is 8.20. The van der Waals surface area contributed by atoms with E-state index < -0.39 is 0 Å². The van der Waals surface area contributed by atoms with Gasteiger partial charge >= 0.3 is 0 Å². The zero-order chi connectivity index (χ0) is 17.5. The number of rotatable bonds is 6. The third-order valence-electron chi connectivity index (χ3n) is 3.84. The lowest BCUT2D eigenvalue weighted by Gasteiger charge is -2.22. The summed E-state index contributed by atoms with van der Waals surface area (Å²) in [5.74, 6) is -0.416. The quantitative estimate of drug-likeness (QED) is 0.777. The van der Waals surface area contributed by atoms with Gasteiger partial charge in [0.1, 0.15) is 0 Å². The molecule has 2 amide bonds.